The number of ether oxygens (including phenoxy) is 3. The number of nitriles is 1. The van der Waals surface area contributed by atoms with Crippen LogP contribution in [-0.4, -0.2) is 70.9 Å². The topological polar surface area (TPSA) is 106 Å². The lowest BCUT2D eigenvalue weighted by Crippen LogP contribution is -2.53. The number of benzene rings is 2. The van der Waals surface area contributed by atoms with E-state index in [0.717, 1.165) is 55.3 Å². The molecule has 2 aromatic carbocycles. The van der Waals surface area contributed by atoms with Gasteiger partial charge in [0.05, 0.1) is 54.0 Å². The monoisotopic (exact) mass is 598 g/mol. The highest BCUT2D eigenvalue weighted by Crippen LogP contribution is 2.31. The van der Waals surface area contributed by atoms with E-state index < -0.39 is 5.82 Å². The first-order valence-electron chi connectivity index (χ1n) is 14.8. The second-order valence-electron chi connectivity index (χ2n) is 11.3. The Balaban J connectivity index is 1.16. The van der Waals surface area contributed by atoms with Gasteiger partial charge in [0.15, 0.2) is 0 Å². The summed E-state index contributed by atoms with van der Waals surface area (Å²) in [5.74, 6) is 1.31. The number of carbonyl (C=O) groups excluding carboxylic acids is 1. The molecule has 2 fully saturated rings. The molecule has 0 spiro atoms. The summed E-state index contributed by atoms with van der Waals surface area (Å²) in [6, 6.07) is 17.6. The molecule has 4 heterocycles. The number of halogens is 1. The van der Waals surface area contributed by atoms with E-state index in [0.29, 0.717) is 23.6 Å². The van der Waals surface area contributed by atoms with Crippen molar-refractivity contribution >= 4 is 22.8 Å². The number of hydrogen-bond acceptors (Lipinski definition) is 9. The maximum absolute atomic E-state index is 14.3. The first-order chi connectivity index (χ1) is 21.3. The first kappa shape index (κ1) is 29.5. The predicted octanol–water partition coefficient (Wildman–Crippen LogP) is 4.87. The summed E-state index contributed by atoms with van der Waals surface area (Å²) in [4.78, 5) is 26.7. The summed E-state index contributed by atoms with van der Waals surface area (Å²) in [5, 5.41) is 8.97. The molecule has 0 amide bonds. The van der Waals surface area contributed by atoms with Crippen molar-refractivity contribution in [3.8, 4) is 11.9 Å². The summed E-state index contributed by atoms with van der Waals surface area (Å²) >= 11 is 0. The molecule has 2 saturated heterocycles. The zero-order valence-corrected chi connectivity index (χ0v) is 25.1. The SMILES string of the molecule is COC(=O)c1ccc2nc([C@H](C)N3CCN(c4cccc(OCc5ccc(C#N)cc5F)n4)[C@@H](C)C3)n(C[C@@H]3CCO3)c2c1. The van der Waals surface area contributed by atoms with Crippen LogP contribution >= 0.6 is 0 Å². The molecule has 3 atom stereocenters. The quantitative estimate of drug-likeness (QED) is 0.250. The number of rotatable bonds is 9. The fourth-order valence-electron chi connectivity index (χ4n) is 5.90. The summed E-state index contributed by atoms with van der Waals surface area (Å²) < 4.78 is 33.1. The van der Waals surface area contributed by atoms with E-state index in [-0.39, 0.29) is 36.3 Å². The minimum atomic E-state index is -0.475. The molecule has 4 aromatic rings. The number of esters is 1. The standard InChI is InChI=1S/C33H35FN6O4/c1-21-18-38(12-13-39(21)30-5-4-6-31(37-30)44-20-25-8-7-23(17-35)15-27(25)34)22(2)32-36-28-10-9-24(33(41)42-3)16-29(28)40(32)19-26-11-14-43-26/h4-10,15-16,21-22,26H,11-14,18-20H2,1-3H3/t21-,22-,26-/m0/s1. The minimum Gasteiger partial charge on any atom is -0.473 e. The molecule has 228 valence electrons. The molecule has 0 saturated carbocycles. The van der Waals surface area contributed by atoms with Crippen LogP contribution in [0.2, 0.25) is 0 Å². The molecule has 10 nitrogen and oxygen atoms in total. The summed E-state index contributed by atoms with van der Waals surface area (Å²) in [7, 11) is 1.39. The van der Waals surface area contributed by atoms with Crippen LogP contribution in [0, 0.1) is 17.1 Å². The highest BCUT2D eigenvalue weighted by molar-refractivity contribution is 5.93. The van der Waals surface area contributed by atoms with E-state index in [1.54, 1.807) is 24.3 Å². The van der Waals surface area contributed by atoms with Crippen LogP contribution in [0.1, 0.15) is 53.6 Å². The van der Waals surface area contributed by atoms with E-state index >= 15 is 0 Å². The lowest BCUT2D eigenvalue weighted by atomic mass is 10.1. The number of nitrogens with zero attached hydrogens (tertiary/aromatic N) is 6. The van der Waals surface area contributed by atoms with Gasteiger partial charge >= 0.3 is 5.97 Å². The smallest absolute Gasteiger partial charge is 0.337 e. The Labute approximate surface area is 255 Å². The third-order valence-electron chi connectivity index (χ3n) is 8.52. The second kappa shape index (κ2) is 12.6. The second-order valence-corrected chi connectivity index (χ2v) is 11.3. The number of methoxy groups -OCH3 is 1. The van der Waals surface area contributed by atoms with Gasteiger partial charge in [-0.15, -0.1) is 0 Å². The van der Waals surface area contributed by atoms with Gasteiger partial charge in [0, 0.05) is 43.9 Å². The summed E-state index contributed by atoms with van der Waals surface area (Å²) in [5.41, 5.74) is 2.87. The molecule has 6 rings (SSSR count). The van der Waals surface area contributed by atoms with Crippen LogP contribution < -0.4 is 9.64 Å². The number of fused-ring (bicyclic) bond motifs is 1. The van der Waals surface area contributed by atoms with Gasteiger partial charge in [-0.25, -0.2) is 14.2 Å². The molecule has 44 heavy (non-hydrogen) atoms. The van der Waals surface area contributed by atoms with Crippen molar-refractivity contribution < 1.29 is 23.4 Å². The van der Waals surface area contributed by atoms with E-state index in [1.807, 2.05) is 30.3 Å². The van der Waals surface area contributed by atoms with Crippen molar-refractivity contribution in [3.05, 3.63) is 82.9 Å². The molecular formula is C33H35FN6O4. The molecule has 2 aromatic heterocycles. The van der Waals surface area contributed by atoms with Gasteiger partial charge in [0.2, 0.25) is 5.88 Å². The Kier molecular flexibility index (Phi) is 8.46. The van der Waals surface area contributed by atoms with Gasteiger partial charge < -0.3 is 23.7 Å². The molecule has 2 aliphatic rings. The number of aromatic nitrogens is 3. The highest BCUT2D eigenvalue weighted by Gasteiger charge is 2.32. The van der Waals surface area contributed by atoms with Gasteiger partial charge in [0.1, 0.15) is 24.1 Å². The lowest BCUT2D eigenvalue weighted by molar-refractivity contribution is -0.0594. The molecule has 0 bridgehead atoms. The van der Waals surface area contributed by atoms with Crippen molar-refractivity contribution in [2.75, 3.05) is 38.3 Å². The van der Waals surface area contributed by atoms with Crippen LogP contribution in [0.25, 0.3) is 11.0 Å². The summed E-state index contributed by atoms with van der Waals surface area (Å²) in [6.07, 6.45) is 1.13. The number of hydrogen-bond donors (Lipinski definition) is 0. The van der Waals surface area contributed by atoms with Gasteiger partial charge in [-0.2, -0.15) is 10.2 Å². The molecule has 0 N–H and O–H groups in total. The molecule has 0 unspecified atom stereocenters. The van der Waals surface area contributed by atoms with Crippen LogP contribution in [0.5, 0.6) is 5.88 Å². The van der Waals surface area contributed by atoms with Crippen LogP contribution in [-0.2, 0) is 22.6 Å². The molecule has 0 aliphatic carbocycles. The maximum atomic E-state index is 14.3. The molecule has 0 radical (unpaired) electrons. The Morgan fingerprint density at radius 3 is 2.73 bits per heavy atom. The Morgan fingerprint density at radius 1 is 1.18 bits per heavy atom. The average molecular weight is 599 g/mol. The number of piperazine rings is 1. The fourth-order valence-corrected chi connectivity index (χ4v) is 5.90. The van der Waals surface area contributed by atoms with E-state index in [9.17, 15) is 9.18 Å². The first-order valence-corrected chi connectivity index (χ1v) is 14.8. The van der Waals surface area contributed by atoms with Gasteiger partial charge in [0.25, 0.3) is 0 Å². The number of anilines is 1. The normalized spacial score (nSPS) is 19.3. The third-order valence-corrected chi connectivity index (χ3v) is 8.52. The van der Waals surface area contributed by atoms with Crippen molar-refractivity contribution in [2.45, 2.75) is 51.6 Å². The molecule has 11 heteroatoms. The lowest BCUT2D eigenvalue weighted by Gasteiger charge is -2.43. The molecular weight excluding hydrogens is 563 g/mol. The number of pyridine rings is 1. The zero-order chi connectivity index (χ0) is 30.8. The molecule has 2 aliphatic heterocycles. The Morgan fingerprint density at radius 2 is 2.02 bits per heavy atom. The number of carbonyl (C=O) groups is 1. The van der Waals surface area contributed by atoms with Gasteiger partial charge in [-0.05, 0) is 56.7 Å². The van der Waals surface area contributed by atoms with E-state index in [2.05, 4.69) is 28.2 Å². The van der Waals surface area contributed by atoms with Crippen molar-refractivity contribution in [3.63, 3.8) is 0 Å². The van der Waals surface area contributed by atoms with Crippen molar-refractivity contribution in [2.24, 2.45) is 0 Å². The Bertz CT molecular complexity index is 1710. The average Bonchev–Trinajstić information content (AvgIpc) is 3.38. The van der Waals surface area contributed by atoms with Crippen LogP contribution in [0.15, 0.2) is 54.6 Å². The Hall–Kier alpha value is -4.53. The van der Waals surface area contributed by atoms with Crippen LogP contribution in [0.4, 0.5) is 10.2 Å². The van der Waals surface area contributed by atoms with Crippen LogP contribution in [0.3, 0.4) is 0 Å². The fraction of sp³-hybridized carbons (Fsp3) is 0.394. The third kappa shape index (κ3) is 5.96. The van der Waals surface area contributed by atoms with E-state index in [1.165, 1.54) is 13.2 Å². The van der Waals surface area contributed by atoms with Gasteiger partial charge in [-0.1, -0.05) is 12.1 Å². The van der Waals surface area contributed by atoms with Gasteiger partial charge in [-0.3, -0.25) is 4.90 Å². The highest BCUT2D eigenvalue weighted by atomic mass is 19.1. The zero-order valence-electron chi connectivity index (χ0n) is 25.1. The largest absolute Gasteiger partial charge is 0.473 e. The number of imidazole rings is 1. The predicted molar refractivity (Wildman–Crippen MR) is 162 cm³/mol. The summed E-state index contributed by atoms with van der Waals surface area (Å²) in [6.45, 7) is 8.16. The minimum absolute atomic E-state index is 0.0167. The van der Waals surface area contributed by atoms with Crippen molar-refractivity contribution in [1.82, 2.24) is 19.4 Å². The van der Waals surface area contributed by atoms with E-state index in [4.69, 9.17) is 29.4 Å². The van der Waals surface area contributed by atoms with Crippen molar-refractivity contribution in [1.29, 1.82) is 5.26 Å². The maximum Gasteiger partial charge on any atom is 0.337 e.